The maximum absolute atomic E-state index is 12.1. The molecule has 2 aromatic rings. The highest BCUT2D eigenvalue weighted by atomic mass is 32.2. The summed E-state index contributed by atoms with van der Waals surface area (Å²) in [5.74, 6) is 0.654. The first-order chi connectivity index (χ1) is 12.7. The zero-order valence-corrected chi connectivity index (χ0v) is 16.7. The molecule has 1 fully saturated rings. The first kappa shape index (κ1) is 21.7. The lowest BCUT2D eigenvalue weighted by Gasteiger charge is -2.15. The van der Waals surface area contributed by atoms with Gasteiger partial charge in [0.05, 0.1) is 22.7 Å². The van der Waals surface area contributed by atoms with E-state index in [2.05, 4.69) is 26.3 Å². The Morgan fingerprint density at radius 3 is 2.27 bits per heavy atom. The lowest BCUT2D eigenvalue weighted by atomic mass is 10.2. The minimum atomic E-state index is -0.124. The molecule has 2 N–H and O–H groups in total. The maximum atomic E-state index is 12.1. The summed E-state index contributed by atoms with van der Waals surface area (Å²) in [6.45, 7) is 5.90. The summed E-state index contributed by atoms with van der Waals surface area (Å²) in [4.78, 5) is 22.9. The number of benzene rings is 1. The van der Waals surface area contributed by atoms with E-state index in [1.165, 1.54) is 11.8 Å². The predicted molar refractivity (Wildman–Crippen MR) is 108 cm³/mol. The molecular weight excluding hydrogens is 346 g/mol. The number of hydrogen-bond donors (Lipinski definition) is 2. The van der Waals surface area contributed by atoms with Crippen molar-refractivity contribution < 1.29 is 0 Å². The predicted octanol–water partition coefficient (Wildman–Crippen LogP) is 3.25. The van der Waals surface area contributed by atoms with Crippen molar-refractivity contribution in [1.29, 1.82) is 5.26 Å². The van der Waals surface area contributed by atoms with Gasteiger partial charge in [-0.2, -0.15) is 5.26 Å². The minimum Gasteiger partial charge on any atom is -0.342 e. The number of anilines is 1. The summed E-state index contributed by atoms with van der Waals surface area (Å²) in [6, 6.07) is 9.21. The molecule has 6 nitrogen and oxygen atoms in total. The molecule has 26 heavy (non-hydrogen) atoms. The van der Waals surface area contributed by atoms with Crippen LogP contribution in [-0.2, 0) is 0 Å². The van der Waals surface area contributed by atoms with Crippen molar-refractivity contribution in [3.63, 3.8) is 0 Å². The van der Waals surface area contributed by atoms with Gasteiger partial charge in [-0.25, -0.2) is 4.98 Å². The van der Waals surface area contributed by atoms with Crippen LogP contribution in [0, 0.1) is 11.3 Å². The number of aromatic amines is 1. The fraction of sp³-hybridized carbons (Fsp3) is 0.421. The summed E-state index contributed by atoms with van der Waals surface area (Å²) in [5.41, 5.74) is 0.483. The summed E-state index contributed by atoms with van der Waals surface area (Å²) in [7, 11) is 3.75. The molecule has 1 aliphatic heterocycles. The Morgan fingerprint density at radius 1 is 1.19 bits per heavy atom. The van der Waals surface area contributed by atoms with Crippen LogP contribution in [0.5, 0.6) is 0 Å². The van der Waals surface area contributed by atoms with Crippen molar-refractivity contribution in [3.8, 4) is 6.07 Å². The molecule has 0 aliphatic carbocycles. The number of nitrogens with zero attached hydrogens (tertiary/aromatic N) is 3. The monoisotopic (exact) mass is 373 g/mol. The van der Waals surface area contributed by atoms with Crippen LogP contribution in [0.3, 0.4) is 0 Å². The third kappa shape index (κ3) is 6.54. The second-order valence-corrected chi connectivity index (χ2v) is 6.45. The Balaban J connectivity index is 0.000000615. The molecule has 1 aromatic carbocycles. The molecule has 7 heteroatoms. The molecule has 140 valence electrons. The van der Waals surface area contributed by atoms with Crippen LogP contribution in [0.15, 0.2) is 45.0 Å². The second kappa shape index (κ2) is 12.1. The number of H-pyrrole nitrogens is 1. The fourth-order valence-electron chi connectivity index (χ4n) is 2.26. The van der Waals surface area contributed by atoms with Gasteiger partial charge in [0.15, 0.2) is 0 Å². The maximum Gasteiger partial charge on any atom is 0.266 e. The van der Waals surface area contributed by atoms with Crippen molar-refractivity contribution in [1.82, 2.24) is 15.3 Å². The number of aromatic nitrogens is 2. The van der Waals surface area contributed by atoms with Crippen LogP contribution in [-0.4, -0.2) is 37.2 Å². The standard InChI is InChI=1S/C15H14N4OS.C2H7N.C2H6/c16-9-11-3-5-12(6-4-11)21-13-10-17-15(18-14(13)20)19-7-1-2-8-19;1-3-2;1-2/h3-6,10H,1-2,7-8H2,(H,17,18,20);3H,1-2H3;1-2H3. The molecule has 1 aromatic heterocycles. The van der Waals surface area contributed by atoms with Gasteiger partial charge in [-0.15, -0.1) is 0 Å². The quantitative estimate of drug-likeness (QED) is 0.859. The van der Waals surface area contributed by atoms with Gasteiger partial charge in [-0.1, -0.05) is 25.6 Å². The molecule has 0 spiro atoms. The van der Waals surface area contributed by atoms with E-state index in [1.807, 2.05) is 40.1 Å². The smallest absolute Gasteiger partial charge is 0.266 e. The van der Waals surface area contributed by atoms with E-state index in [9.17, 15) is 4.79 Å². The molecule has 3 rings (SSSR count). The number of hydrogen-bond acceptors (Lipinski definition) is 6. The molecule has 0 saturated carbocycles. The van der Waals surface area contributed by atoms with E-state index in [0.717, 1.165) is 30.8 Å². The highest BCUT2D eigenvalue weighted by molar-refractivity contribution is 7.99. The Labute approximate surface area is 159 Å². The second-order valence-electron chi connectivity index (χ2n) is 5.33. The summed E-state index contributed by atoms with van der Waals surface area (Å²) in [5, 5.41) is 11.5. The van der Waals surface area contributed by atoms with Gasteiger partial charge in [0, 0.05) is 18.0 Å². The molecule has 2 heterocycles. The van der Waals surface area contributed by atoms with Gasteiger partial charge in [0.25, 0.3) is 5.56 Å². The lowest BCUT2D eigenvalue weighted by molar-refractivity contribution is 0.875. The van der Waals surface area contributed by atoms with E-state index < -0.39 is 0 Å². The largest absolute Gasteiger partial charge is 0.342 e. The van der Waals surface area contributed by atoms with Crippen LogP contribution >= 0.6 is 11.8 Å². The SMILES string of the molecule is CC.CNC.N#Cc1ccc(Sc2cnc(N3CCCC3)[nH]c2=O)cc1. The van der Waals surface area contributed by atoms with Gasteiger partial charge in [-0.05, 0) is 51.2 Å². The van der Waals surface area contributed by atoms with Crippen LogP contribution in [0.25, 0.3) is 0 Å². The molecule has 0 unspecified atom stereocenters. The van der Waals surface area contributed by atoms with Gasteiger partial charge in [-0.3, -0.25) is 9.78 Å². The molecule has 1 aliphatic rings. The molecule has 1 saturated heterocycles. The van der Waals surface area contributed by atoms with Gasteiger partial charge in [0.1, 0.15) is 0 Å². The first-order valence-corrected chi connectivity index (χ1v) is 9.60. The van der Waals surface area contributed by atoms with Crippen molar-refractivity contribution in [3.05, 3.63) is 46.4 Å². The van der Waals surface area contributed by atoms with Crippen LogP contribution in [0.2, 0.25) is 0 Å². The average Bonchev–Trinajstić information content (AvgIpc) is 3.21. The summed E-state index contributed by atoms with van der Waals surface area (Å²) < 4.78 is 0. The molecule has 0 bridgehead atoms. The van der Waals surface area contributed by atoms with Crippen LogP contribution in [0.4, 0.5) is 5.95 Å². The number of nitrogens with one attached hydrogen (secondary N) is 2. The summed E-state index contributed by atoms with van der Waals surface area (Å²) in [6.07, 6.45) is 3.91. The fourth-order valence-corrected chi connectivity index (χ4v) is 3.04. The van der Waals surface area contributed by atoms with Crippen molar-refractivity contribution >= 4 is 17.7 Å². The van der Waals surface area contributed by atoms with Gasteiger partial charge in [0.2, 0.25) is 5.95 Å². The van der Waals surface area contributed by atoms with E-state index in [1.54, 1.807) is 18.3 Å². The van der Waals surface area contributed by atoms with Gasteiger partial charge < -0.3 is 10.2 Å². The zero-order chi connectivity index (χ0) is 19.4. The molecular formula is C19H27N5OS. The third-order valence-electron chi connectivity index (χ3n) is 3.37. The lowest BCUT2D eigenvalue weighted by Crippen LogP contribution is -2.24. The Hall–Kier alpha value is -2.30. The molecule has 0 radical (unpaired) electrons. The highest BCUT2D eigenvalue weighted by Gasteiger charge is 2.15. The van der Waals surface area contributed by atoms with Crippen molar-refractivity contribution in [2.75, 3.05) is 32.1 Å². The number of nitriles is 1. The van der Waals surface area contributed by atoms with Gasteiger partial charge >= 0.3 is 0 Å². The van der Waals surface area contributed by atoms with Crippen molar-refractivity contribution in [2.24, 2.45) is 0 Å². The van der Waals surface area contributed by atoms with Crippen LogP contribution < -0.4 is 15.8 Å². The van der Waals surface area contributed by atoms with Crippen molar-refractivity contribution in [2.45, 2.75) is 36.5 Å². The topological polar surface area (TPSA) is 84.8 Å². The van der Waals surface area contributed by atoms with E-state index >= 15 is 0 Å². The first-order valence-electron chi connectivity index (χ1n) is 8.78. The average molecular weight is 374 g/mol. The molecule has 0 amide bonds. The zero-order valence-electron chi connectivity index (χ0n) is 15.9. The third-order valence-corrected chi connectivity index (χ3v) is 4.39. The number of rotatable bonds is 3. The minimum absolute atomic E-state index is 0.124. The van der Waals surface area contributed by atoms with E-state index in [4.69, 9.17) is 5.26 Å². The highest BCUT2D eigenvalue weighted by Crippen LogP contribution is 2.25. The normalized spacial score (nSPS) is 12.3. The van der Waals surface area contributed by atoms with E-state index in [-0.39, 0.29) is 5.56 Å². The summed E-state index contributed by atoms with van der Waals surface area (Å²) >= 11 is 1.35. The Morgan fingerprint density at radius 2 is 1.77 bits per heavy atom. The Kier molecular flexibility index (Phi) is 10.1. The molecule has 0 atom stereocenters. The van der Waals surface area contributed by atoms with Crippen LogP contribution in [0.1, 0.15) is 32.3 Å². The van der Waals surface area contributed by atoms with E-state index in [0.29, 0.717) is 16.4 Å². The Bertz CT molecular complexity index is 746.